The third-order valence-electron chi connectivity index (χ3n) is 1.14. The van der Waals surface area contributed by atoms with Crippen molar-refractivity contribution in [1.82, 2.24) is 0 Å². The number of rotatable bonds is 5. The number of nitriles is 1. The van der Waals surface area contributed by atoms with Gasteiger partial charge in [-0.2, -0.15) is 5.26 Å². The van der Waals surface area contributed by atoms with E-state index in [0.717, 1.165) is 0 Å². The van der Waals surface area contributed by atoms with Gasteiger partial charge in [-0.15, -0.1) is 0 Å². The zero-order valence-electron chi connectivity index (χ0n) is 6.28. The molecule has 0 fully saturated rings. The largest absolute Gasteiger partial charge is 0.495 e. The van der Waals surface area contributed by atoms with Crippen LogP contribution in [0.5, 0.6) is 0 Å². The van der Waals surface area contributed by atoms with Crippen LogP contribution >= 0.6 is 0 Å². The standard InChI is InChI=1S/C5H11NO4Si/c1-9-11(7,8)4-2-3-10-5-6/h7-8H,2-4H2,1H3. The van der Waals surface area contributed by atoms with Crippen LogP contribution in [0, 0.1) is 11.5 Å². The molecule has 0 bridgehead atoms. The van der Waals surface area contributed by atoms with Gasteiger partial charge in [-0.25, -0.2) is 0 Å². The Labute approximate surface area is 66.2 Å². The second-order valence-corrected chi connectivity index (χ2v) is 4.39. The molecule has 5 nitrogen and oxygen atoms in total. The molecular weight excluding hydrogens is 166 g/mol. The summed E-state index contributed by atoms with van der Waals surface area (Å²) in [6.45, 7) is 0.204. The Morgan fingerprint density at radius 1 is 1.55 bits per heavy atom. The minimum absolute atomic E-state index is 0.158. The maximum Gasteiger partial charge on any atom is 0.495 e. The molecule has 0 saturated heterocycles. The minimum atomic E-state index is -3.42. The number of hydrogen-bond acceptors (Lipinski definition) is 5. The van der Waals surface area contributed by atoms with Crippen molar-refractivity contribution in [2.75, 3.05) is 13.7 Å². The Kier molecular flexibility index (Phi) is 4.81. The second-order valence-electron chi connectivity index (χ2n) is 1.99. The van der Waals surface area contributed by atoms with Gasteiger partial charge in [-0.1, -0.05) is 0 Å². The molecule has 0 radical (unpaired) electrons. The summed E-state index contributed by atoms with van der Waals surface area (Å²) >= 11 is 0. The maximum atomic E-state index is 8.96. The van der Waals surface area contributed by atoms with Gasteiger partial charge in [0.15, 0.2) is 0 Å². The van der Waals surface area contributed by atoms with Crippen LogP contribution < -0.4 is 0 Å². The Hall–Kier alpha value is -0.613. The van der Waals surface area contributed by atoms with Gasteiger partial charge >= 0.3 is 8.80 Å². The predicted octanol–water partition coefficient (Wildman–Crippen LogP) is -0.556. The van der Waals surface area contributed by atoms with Crippen LogP contribution in [-0.2, 0) is 9.16 Å². The fraction of sp³-hybridized carbons (Fsp3) is 0.800. The SMILES string of the molecule is CO[Si](O)(O)CCCOC#N. The van der Waals surface area contributed by atoms with Crippen molar-refractivity contribution in [1.29, 1.82) is 5.26 Å². The van der Waals surface area contributed by atoms with Crippen LogP contribution in [-0.4, -0.2) is 32.1 Å². The molecule has 0 spiro atoms. The Bertz CT molecular complexity index is 144. The van der Waals surface area contributed by atoms with Crippen molar-refractivity contribution < 1.29 is 18.8 Å². The van der Waals surface area contributed by atoms with E-state index in [0.29, 0.717) is 6.42 Å². The molecule has 0 aromatic heterocycles. The van der Waals surface area contributed by atoms with Crippen LogP contribution in [0.2, 0.25) is 6.04 Å². The summed E-state index contributed by atoms with van der Waals surface area (Å²) in [5.41, 5.74) is 0. The molecule has 0 unspecified atom stereocenters. The van der Waals surface area contributed by atoms with Gasteiger partial charge < -0.3 is 18.8 Å². The highest BCUT2D eigenvalue weighted by Gasteiger charge is 2.29. The first-order valence-corrected chi connectivity index (χ1v) is 5.14. The zero-order chi connectivity index (χ0) is 8.74. The molecule has 6 heteroatoms. The van der Waals surface area contributed by atoms with Gasteiger partial charge in [-0.05, 0) is 6.42 Å². The van der Waals surface area contributed by atoms with Gasteiger partial charge in [0, 0.05) is 13.2 Å². The predicted molar refractivity (Wildman–Crippen MR) is 38.2 cm³/mol. The van der Waals surface area contributed by atoms with E-state index in [1.165, 1.54) is 13.4 Å². The third-order valence-corrected chi connectivity index (χ3v) is 2.80. The van der Waals surface area contributed by atoms with E-state index in [1.807, 2.05) is 0 Å². The highest BCUT2D eigenvalue weighted by atomic mass is 28.4. The van der Waals surface area contributed by atoms with E-state index in [-0.39, 0.29) is 12.7 Å². The van der Waals surface area contributed by atoms with Crippen molar-refractivity contribution in [3.05, 3.63) is 0 Å². The van der Waals surface area contributed by atoms with Gasteiger partial charge in [0.2, 0.25) is 0 Å². The van der Waals surface area contributed by atoms with Gasteiger partial charge in [0.25, 0.3) is 6.26 Å². The fourth-order valence-corrected chi connectivity index (χ4v) is 1.33. The quantitative estimate of drug-likeness (QED) is 0.334. The average molecular weight is 177 g/mol. The normalized spacial score (nSPS) is 10.7. The van der Waals surface area contributed by atoms with Crippen LogP contribution in [0.1, 0.15) is 6.42 Å². The van der Waals surface area contributed by atoms with Crippen molar-refractivity contribution in [3.8, 4) is 6.26 Å². The highest BCUT2D eigenvalue weighted by molar-refractivity contribution is 6.57. The summed E-state index contributed by atoms with van der Waals surface area (Å²) < 4.78 is 8.75. The van der Waals surface area contributed by atoms with Crippen molar-refractivity contribution in [2.45, 2.75) is 12.5 Å². The van der Waals surface area contributed by atoms with Crippen molar-refractivity contribution in [3.63, 3.8) is 0 Å². The van der Waals surface area contributed by atoms with Crippen LogP contribution in [0.4, 0.5) is 0 Å². The Morgan fingerprint density at radius 3 is 2.64 bits per heavy atom. The maximum absolute atomic E-state index is 8.96. The van der Waals surface area contributed by atoms with E-state index in [9.17, 15) is 0 Å². The first-order chi connectivity index (χ1) is 5.12. The molecule has 11 heavy (non-hydrogen) atoms. The lowest BCUT2D eigenvalue weighted by Crippen LogP contribution is -2.37. The molecule has 0 aliphatic rings. The third kappa shape index (κ3) is 5.81. The summed E-state index contributed by atoms with van der Waals surface area (Å²) in [5.74, 6) is 0. The van der Waals surface area contributed by atoms with E-state index in [1.54, 1.807) is 0 Å². The molecule has 0 heterocycles. The molecule has 64 valence electrons. The topological polar surface area (TPSA) is 82.7 Å². The summed E-state index contributed by atoms with van der Waals surface area (Å²) in [4.78, 5) is 17.9. The van der Waals surface area contributed by atoms with Crippen molar-refractivity contribution in [2.24, 2.45) is 0 Å². The lowest BCUT2D eigenvalue weighted by atomic mass is 10.5. The monoisotopic (exact) mass is 177 g/mol. The van der Waals surface area contributed by atoms with E-state index in [4.69, 9.17) is 14.9 Å². The van der Waals surface area contributed by atoms with Gasteiger partial charge in [0.1, 0.15) is 6.61 Å². The van der Waals surface area contributed by atoms with E-state index >= 15 is 0 Å². The van der Waals surface area contributed by atoms with Gasteiger partial charge in [-0.3, -0.25) is 0 Å². The number of nitrogens with zero attached hydrogens (tertiary/aromatic N) is 1. The zero-order valence-corrected chi connectivity index (χ0v) is 7.28. The van der Waals surface area contributed by atoms with Crippen LogP contribution in [0.25, 0.3) is 0 Å². The smallest absolute Gasteiger partial charge is 0.428 e. The average Bonchev–Trinajstić information content (AvgIpc) is 1.99. The van der Waals surface area contributed by atoms with Crippen molar-refractivity contribution >= 4 is 8.80 Å². The van der Waals surface area contributed by atoms with Crippen LogP contribution in [0.3, 0.4) is 0 Å². The molecule has 0 saturated carbocycles. The number of ether oxygens (including phenoxy) is 1. The first-order valence-electron chi connectivity index (χ1n) is 3.13. The number of hydrogen-bond donors (Lipinski definition) is 2. The highest BCUT2D eigenvalue weighted by Crippen LogP contribution is 2.05. The minimum Gasteiger partial charge on any atom is -0.428 e. The summed E-state index contributed by atoms with van der Waals surface area (Å²) in [7, 11) is -2.17. The van der Waals surface area contributed by atoms with Gasteiger partial charge in [0.05, 0.1) is 0 Å². The van der Waals surface area contributed by atoms with E-state index < -0.39 is 8.80 Å². The molecular formula is C5H11NO4Si. The van der Waals surface area contributed by atoms with Crippen LogP contribution in [0.15, 0.2) is 0 Å². The summed E-state index contributed by atoms with van der Waals surface area (Å²) in [5, 5.41) is 7.94. The molecule has 0 aromatic carbocycles. The summed E-state index contributed by atoms with van der Waals surface area (Å²) in [6, 6.07) is 0.158. The molecule has 0 atom stereocenters. The first kappa shape index (κ1) is 10.4. The second kappa shape index (κ2) is 5.09. The molecule has 0 aromatic rings. The van der Waals surface area contributed by atoms with E-state index in [2.05, 4.69) is 9.16 Å². The molecule has 0 aliphatic carbocycles. The summed E-state index contributed by atoms with van der Waals surface area (Å²) in [6.07, 6.45) is 1.90. The lowest BCUT2D eigenvalue weighted by Gasteiger charge is -2.13. The molecule has 0 rings (SSSR count). The molecule has 0 amide bonds. The Balaban J connectivity index is 3.32. The molecule has 0 aliphatic heterocycles. The molecule has 2 N–H and O–H groups in total. The fourth-order valence-electron chi connectivity index (χ4n) is 0.522. The lowest BCUT2D eigenvalue weighted by molar-refractivity contribution is 0.177. The Morgan fingerprint density at radius 2 is 2.18 bits per heavy atom.